The molecule has 158 valence electrons. The Kier molecular flexibility index (Phi) is 5.48. The second-order valence-corrected chi connectivity index (χ2v) is 8.38. The molecule has 1 aromatic carbocycles. The smallest absolute Gasteiger partial charge is 0.237 e. The molecule has 1 saturated heterocycles. The Bertz CT molecular complexity index is 979. The summed E-state index contributed by atoms with van der Waals surface area (Å²) in [5.74, 6) is 4.15. The molecule has 0 amide bonds. The van der Waals surface area contributed by atoms with Crippen molar-refractivity contribution in [3.63, 3.8) is 0 Å². The first-order chi connectivity index (χ1) is 14.8. The van der Waals surface area contributed by atoms with Crippen LogP contribution in [-0.2, 0) is 12.4 Å². The average molecular weight is 429 g/mol. The van der Waals surface area contributed by atoms with Gasteiger partial charge in [0.25, 0.3) is 0 Å². The summed E-state index contributed by atoms with van der Waals surface area (Å²) in [5, 5.41) is 13.9. The van der Waals surface area contributed by atoms with Crippen LogP contribution in [0, 0.1) is 0 Å². The van der Waals surface area contributed by atoms with Crippen LogP contribution in [0.15, 0.2) is 33.9 Å². The van der Waals surface area contributed by atoms with Crippen LogP contribution in [0.5, 0.6) is 11.5 Å². The third-order valence-corrected chi connectivity index (χ3v) is 6.14. The summed E-state index contributed by atoms with van der Waals surface area (Å²) in [6.45, 7) is 2.38. The van der Waals surface area contributed by atoms with Crippen LogP contribution in [0.3, 0.4) is 0 Å². The number of hydrogen-bond acceptors (Lipinski definition) is 9. The van der Waals surface area contributed by atoms with E-state index in [0.717, 1.165) is 35.7 Å². The van der Waals surface area contributed by atoms with Crippen molar-refractivity contribution in [1.29, 1.82) is 0 Å². The predicted octanol–water partition coefficient (Wildman–Crippen LogP) is 3.48. The molecule has 2 fully saturated rings. The molecule has 3 heterocycles. The Morgan fingerprint density at radius 1 is 1.10 bits per heavy atom. The van der Waals surface area contributed by atoms with E-state index in [2.05, 4.69) is 29.8 Å². The van der Waals surface area contributed by atoms with Crippen molar-refractivity contribution >= 4 is 17.7 Å². The zero-order valence-electron chi connectivity index (χ0n) is 16.9. The quantitative estimate of drug-likeness (QED) is 0.475. The van der Waals surface area contributed by atoms with Crippen LogP contribution in [0.25, 0.3) is 0 Å². The number of hydrogen-bond donors (Lipinski definition) is 0. The molecule has 5 rings (SSSR count). The maximum atomic E-state index is 5.71. The summed E-state index contributed by atoms with van der Waals surface area (Å²) in [5.41, 5.74) is 0. The lowest BCUT2D eigenvalue weighted by Gasteiger charge is -2.17. The van der Waals surface area contributed by atoms with E-state index in [4.69, 9.17) is 14.0 Å². The molecule has 30 heavy (non-hydrogen) atoms. The van der Waals surface area contributed by atoms with Crippen LogP contribution in [0.4, 0.5) is 5.95 Å². The highest BCUT2D eigenvalue weighted by molar-refractivity contribution is 7.98. The number of nitrogens with zero attached hydrogens (tertiary/aromatic N) is 6. The van der Waals surface area contributed by atoms with Crippen molar-refractivity contribution in [2.45, 2.75) is 49.2 Å². The Hall–Kier alpha value is -2.75. The van der Waals surface area contributed by atoms with E-state index < -0.39 is 0 Å². The van der Waals surface area contributed by atoms with Crippen LogP contribution in [0.2, 0.25) is 0 Å². The summed E-state index contributed by atoms with van der Waals surface area (Å²) < 4.78 is 18.5. The lowest BCUT2D eigenvalue weighted by atomic mass is 10.3. The second-order valence-electron chi connectivity index (χ2n) is 7.44. The minimum atomic E-state index is 0.248. The largest absolute Gasteiger partial charge is 0.497 e. The molecular formula is C20H24N6O3S. The van der Waals surface area contributed by atoms with Gasteiger partial charge in [-0.05, 0) is 49.9 Å². The molecule has 2 aliphatic rings. The lowest BCUT2D eigenvalue weighted by molar-refractivity contribution is 0.285. The molecule has 1 aliphatic heterocycles. The van der Waals surface area contributed by atoms with Gasteiger partial charge in [-0.1, -0.05) is 16.9 Å². The average Bonchev–Trinajstić information content (AvgIpc) is 3.17. The first-order valence-electron chi connectivity index (χ1n) is 10.2. The van der Waals surface area contributed by atoms with Gasteiger partial charge in [-0.25, -0.2) is 0 Å². The first kappa shape index (κ1) is 19.2. The number of rotatable bonds is 9. The van der Waals surface area contributed by atoms with Gasteiger partial charge in [-0.3, -0.25) is 4.57 Å². The zero-order valence-corrected chi connectivity index (χ0v) is 17.7. The molecule has 1 saturated carbocycles. The van der Waals surface area contributed by atoms with Gasteiger partial charge in [0.2, 0.25) is 17.7 Å². The monoisotopic (exact) mass is 428 g/mol. The summed E-state index contributed by atoms with van der Waals surface area (Å²) in [6, 6.07) is 7.91. The third kappa shape index (κ3) is 4.23. The van der Waals surface area contributed by atoms with Gasteiger partial charge in [0, 0.05) is 19.1 Å². The van der Waals surface area contributed by atoms with E-state index in [1.165, 1.54) is 25.7 Å². The summed E-state index contributed by atoms with van der Waals surface area (Å²) in [7, 11) is 1.63. The van der Waals surface area contributed by atoms with Crippen molar-refractivity contribution < 1.29 is 14.0 Å². The van der Waals surface area contributed by atoms with Crippen LogP contribution in [-0.4, -0.2) is 45.1 Å². The highest BCUT2D eigenvalue weighted by Crippen LogP contribution is 2.41. The van der Waals surface area contributed by atoms with Gasteiger partial charge in [-0.15, -0.1) is 10.2 Å². The summed E-state index contributed by atoms with van der Waals surface area (Å²) >= 11 is 1.59. The van der Waals surface area contributed by atoms with Gasteiger partial charge in [0.15, 0.2) is 11.8 Å². The normalized spacial score (nSPS) is 16.2. The molecule has 0 unspecified atom stereocenters. The Labute approximate surface area is 178 Å². The highest BCUT2D eigenvalue weighted by atomic mass is 32.2. The maximum Gasteiger partial charge on any atom is 0.237 e. The number of aromatic nitrogens is 5. The Morgan fingerprint density at radius 2 is 1.87 bits per heavy atom. The van der Waals surface area contributed by atoms with Crippen molar-refractivity contribution in [1.82, 2.24) is 24.9 Å². The fraction of sp³-hybridized carbons (Fsp3) is 0.500. The predicted molar refractivity (Wildman–Crippen MR) is 111 cm³/mol. The molecule has 0 bridgehead atoms. The minimum absolute atomic E-state index is 0.248. The third-order valence-electron chi connectivity index (χ3n) is 5.21. The molecule has 0 atom stereocenters. The Morgan fingerprint density at radius 3 is 2.60 bits per heavy atom. The van der Waals surface area contributed by atoms with Gasteiger partial charge >= 0.3 is 0 Å². The zero-order chi connectivity index (χ0) is 20.3. The summed E-state index contributed by atoms with van der Waals surface area (Å²) in [6.07, 6.45) is 4.84. The molecule has 2 aromatic heterocycles. The van der Waals surface area contributed by atoms with Crippen LogP contribution >= 0.6 is 11.8 Å². The first-order valence-corrected chi connectivity index (χ1v) is 11.2. The Balaban J connectivity index is 1.19. The number of benzene rings is 1. The van der Waals surface area contributed by atoms with E-state index >= 15 is 0 Å². The van der Waals surface area contributed by atoms with Crippen molar-refractivity contribution in [3.8, 4) is 11.5 Å². The molecule has 0 N–H and O–H groups in total. The number of ether oxygens (including phenoxy) is 2. The van der Waals surface area contributed by atoms with Gasteiger partial charge < -0.3 is 18.9 Å². The fourth-order valence-corrected chi connectivity index (χ4v) is 4.34. The second kappa shape index (κ2) is 8.55. The molecular weight excluding hydrogens is 404 g/mol. The highest BCUT2D eigenvalue weighted by Gasteiger charge is 2.32. The maximum absolute atomic E-state index is 5.71. The van der Waals surface area contributed by atoms with Gasteiger partial charge in [0.05, 0.1) is 12.9 Å². The minimum Gasteiger partial charge on any atom is -0.497 e. The topological polar surface area (TPSA) is 91.3 Å². The number of methoxy groups -OCH3 is 1. The fourth-order valence-electron chi connectivity index (χ4n) is 3.51. The summed E-state index contributed by atoms with van der Waals surface area (Å²) in [4.78, 5) is 6.78. The van der Waals surface area contributed by atoms with Crippen molar-refractivity contribution in [2.75, 3.05) is 25.1 Å². The standard InChI is InChI=1S/C20H24N6O3S/c1-27-15-6-8-16(9-7-15)28-12-17-21-18(29-24-17)13-30-20-23-22-19(25-10-2-3-11-25)26(20)14-4-5-14/h6-9,14H,2-5,10-13H2,1H3. The number of anilines is 1. The van der Waals surface area contributed by atoms with E-state index in [1.807, 2.05) is 24.3 Å². The molecule has 0 spiro atoms. The van der Waals surface area contributed by atoms with Crippen LogP contribution < -0.4 is 14.4 Å². The SMILES string of the molecule is COc1ccc(OCc2noc(CSc3nnc(N4CCCC4)n3C3CC3)n2)cc1. The van der Waals surface area contributed by atoms with Crippen LogP contribution in [0.1, 0.15) is 43.4 Å². The lowest BCUT2D eigenvalue weighted by Crippen LogP contribution is -2.22. The van der Waals surface area contributed by atoms with E-state index in [0.29, 0.717) is 23.5 Å². The molecule has 0 radical (unpaired) electrons. The van der Waals surface area contributed by atoms with Gasteiger partial charge in [0.1, 0.15) is 11.5 Å². The molecule has 3 aromatic rings. The van der Waals surface area contributed by atoms with Gasteiger partial charge in [-0.2, -0.15) is 4.98 Å². The molecule has 9 nitrogen and oxygen atoms in total. The number of thioether (sulfide) groups is 1. The van der Waals surface area contributed by atoms with E-state index in [9.17, 15) is 0 Å². The molecule has 1 aliphatic carbocycles. The van der Waals surface area contributed by atoms with Crippen molar-refractivity contribution in [2.24, 2.45) is 0 Å². The van der Waals surface area contributed by atoms with Crippen molar-refractivity contribution in [3.05, 3.63) is 36.0 Å². The van der Waals surface area contributed by atoms with E-state index in [-0.39, 0.29) is 6.61 Å². The van der Waals surface area contributed by atoms with E-state index in [1.54, 1.807) is 18.9 Å². The molecule has 10 heteroatoms.